The van der Waals surface area contributed by atoms with Crippen LogP contribution in [0.25, 0.3) is 0 Å². The van der Waals surface area contributed by atoms with Crippen molar-refractivity contribution in [2.45, 2.75) is 27.3 Å². The van der Waals surface area contributed by atoms with E-state index in [9.17, 15) is 14.4 Å². The molecule has 0 spiro atoms. The average Bonchev–Trinajstić information content (AvgIpc) is 3.29. The molecule has 1 aromatic carbocycles. The molecule has 3 N–H and O–H groups in total. The van der Waals surface area contributed by atoms with E-state index in [2.05, 4.69) is 5.32 Å². The molecule has 0 aliphatic heterocycles. The Labute approximate surface area is 183 Å². The predicted molar refractivity (Wildman–Crippen MR) is 121 cm³/mol. The number of nitrogens with zero attached hydrogens (tertiary/aromatic N) is 1. The number of rotatable bonds is 7. The van der Waals surface area contributed by atoms with Crippen molar-refractivity contribution in [2.75, 3.05) is 11.9 Å². The Kier molecular flexibility index (Phi) is 6.69. The molecule has 0 radical (unpaired) electrons. The van der Waals surface area contributed by atoms with E-state index in [1.54, 1.807) is 19.1 Å². The van der Waals surface area contributed by atoms with E-state index < -0.39 is 5.91 Å². The SMILES string of the molecule is Cc1ccccc1C(=O)N(CC(=O)Nc1sc(C)c(C)c1C(N)=O)Cc1cccs1. The number of hydrogen-bond donors (Lipinski definition) is 2. The number of carbonyl (C=O) groups excluding carboxylic acids is 3. The first-order valence-corrected chi connectivity index (χ1v) is 11.0. The van der Waals surface area contributed by atoms with Gasteiger partial charge in [0, 0.05) is 15.3 Å². The first-order chi connectivity index (χ1) is 14.3. The van der Waals surface area contributed by atoms with E-state index in [4.69, 9.17) is 5.73 Å². The first-order valence-electron chi connectivity index (χ1n) is 9.34. The lowest BCUT2D eigenvalue weighted by Crippen LogP contribution is -2.37. The molecule has 0 aliphatic carbocycles. The van der Waals surface area contributed by atoms with Gasteiger partial charge < -0.3 is 16.0 Å². The summed E-state index contributed by atoms with van der Waals surface area (Å²) in [4.78, 5) is 41.2. The van der Waals surface area contributed by atoms with Gasteiger partial charge in [0.15, 0.2) is 0 Å². The largest absolute Gasteiger partial charge is 0.365 e. The molecule has 30 heavy (non-hydrogen) atoms. The summed E-state index contributed by atoms with van der Waals surface area (Å²) >= 11 is 2.83. The molecule has 0 unspecified atom stereocenters. The summed E-state index contributed by atoms with van der Waals surface area (Å²) in [5.74, 6) is -1.18. The second-order valence-electron chi connectivity index (χ2n) is 6.96. The Morgan fingerprint density at radius 3 is 2.43 bits per heavy atom. The van der Waals surface area contributed by atoms with Crippen LogP contribution in [-0.2, 0) is 11.3 Å². The van der Waals surface area contributed by atoms with Crippen molar-refractivity contribution in [1.82, 2.24) is 4.90 Å². The molecule has 0 saturated heterocycles. The van der Waals surface area contributed by atoms with Gasteiger partial charge in [-0.3, -0.25) is 14.4 Å². The molecule has 0 atom stereocenters. The zero-order valence-electron chi connectivity index (χ0n) is 17.0. The van der Waals surface area contributed by atoms with Gasteiger partial charge in [-0.1, -0.05) is 24.3 Å². The maximum Gasteiger partial charge on any atom is 0.254 e. The van der Waals surface area contributed by atoms with E-state index in [0.717, 1.165) is 20.9 Å². The van der Waals surface area contributed by atoms with Gasteiger partial charge in [-0.15, -0.1) is 22.7 Å². The standard InChI is InChI=1S/C22H23N3O3S2/c1-13-7-4-5-9-17(13)22(28)25(11-16-8-6-10-29-16)12-18(26)24-21-19(20(23)27)14(2)15(3)30-21/h4-10H,11-12H2,1-3H3,(H2,23,27)(H,24,26). The Morgan fingerprint density at radius 2 is 1.80 bits per heavy atom. The van der Waals surface area contributed by atoms with Gasteiger partial charge in [0.25, 0.3) is 11.8 Å². The third-order valence-electron chi connectivity index (χ3n) is 4.81. The van der Waals surface area contributed by atoms with Crippen LogP contribution in [0.1, 0.15) is 41.6 Å². The third-order valence-corrected chi connectivity index (χ3v) is 6.79. The van der Waals surface area contributed by atoms with Crippen molar-refractivity contribution in [2.24, 2.45) is 5.73 Å². The predicted octanol–water partition coefficient (Wildman–Crippen LogP) is 4.11. The number of hydrogen-bond acceptors (Lipinski definition) is 5. The lowest BCUT2D eigenvalue weighted by Gasteiger charge is -2.22. The Morgan fingerprint density at radius 1 is 1.07 bits per heavy atom. The smallest absolute Gasteiger partial charge is 0.254 e. The zero-order valence-corrected chi connectivity index (χ0v) is 18.7. The number of nitrogens with two attached hydrogens (primary N) is 1. The van der Waals surface area contributed by atoms with Gasteiger partial charge in [0.1, 0.15) is 11.5 Å². The highest BCUT2D eigenvalue weighted by Crippen LogP contribution is 2.32. The molecular weight excluding hydrogens is 418 g/mol. The third kappa shape index (κ3) is 4.77. The highest BCUT2D eigenvalue weighted by Gasteiger charge is 2.23. The minimum Gasteiger partial charge on any atom is -0.365 e. The molecule has 8 heteroatoms. The average molecular weight is 442 g/mol. The number of primary amides is 1. The quantitative estimate of drug-likeness (QED) is 0.578. The van der Waals surface area contributed by atoms with Crippen molar-refractivity contribution in [3.8, 4) is 0 Å². The van der Waals surface area contributed by atoms with Crippen LogP contribution < -0.4 is 11.1 Å². The van der Waals surface area contributed by atoms with Crippen molar-refractivity contribution >= 4 is 45.4 Å². The topological polar surface area (TPSA) is 92.5 Å². The van der Waals surface area contributed by atoms with E-state index in [1.807, 2.05) is 43.5 Å². The Hall–Kier alpha value is -2.97. The van der Waals surface area contributed by atoms with Crippen LogP contribution >= 0.6 is 22.7 Å². The number of aryl methyl sites for hydroxylation is 2. The fourth-order valence-electron chi connectivity index (χ4n) is 3.12. The molecule has 0 saturated carbocycles. The number of amides is 3. The summed E-state index contributed by atoms with van der Waals surface area (Å²) in [5, 5.41) is 5.12. The minimum absolute atomic E-state index is 0.140. The van der Waals surface area contributed by atoms with Crippen LogP contribution in [0.15, 0.2) is 41.8 Å². The molecule has 3 rings (SSSR count). The van der Waals surface area contributed by atoms with Crippen molar-refractivity contribution < 1.29 is 14.4 Å². The number of carbonyl (C=O) groups is 3. The monoisotopic (exact) mass is 441 g/mol. The summed E-state index contributed by atoms with van der Waals surface area (Å²) in [6, 6.07) is 11.1. The van der Waals surface area contributed by atoms with E-state index in [1.165, 1.54) is 27.6 Å². The minimum atomic E-state index is -0.585. The summed E-state index contributed by atoms with van der Waals surface area (Å²) < 4.78 is 0. The number of benzene rings is 1. The summed E-state index contributed by atoms with van der Waals surface area (Å²) in [5.41, 5.74) is 7.97. The van der Waals surface area contributed by atoms with Crippen molar-refractivity contribution in [3.05, 3.63) is 73.8 Å². The first kappa shape index (κ1) is 21.7. The van der Waals surface area contributed by atoms with Gasteiger partial charge in [-0.05, 0) is 49.4 Å². The van der Waals surface area contributed by atoms with Gasteiger partial charge in [-0.25, -0.2) is 0 Å². The molecule has 0 aliphatic rings. The second kappa shape index (κ2) is 9.23. The van der Waals surface area contributed by atoms with E-state index in [-0.39, 0.29) is 18.4 Å². The second-order valence-corrected chi connectivity index (χ2v) is 9.21. The molecule has 0 bridgehead atoms. The van der Waals surface area contributed by atoms with Crippen LogP contribution in [0.5, 0.6) is 0 Å². The summed E-state index contributed by atoms with van der Waals surface area (Å²) in [7, 11) is 0. The van der Waals surface area contributed by atoms with Crippen LogP contribution in [0.2, 0.25) is 0 Å². The lowest BCUT2D eigenvalue weighted by molar-refractivity contribution is -0.117. The highest BCUT2D eigenvalue weighted by molar-refractivity contribution is 7.16. The van der Waals surface area contributed by atoms with E-state index in [0.29, 0.717) is 22.7 Å². The number of thiophene rings is 2. The highest BCUT2D eigenvalue weighted by atomic mass is 32.1. The summed E-state index contributed by atoms with van der Waals surface area (Å²) in [6.45, 7) is 5.72. The van der Waals surface area contributed by atoms with Crippen molar-refractivity contribution in [3.63, 3.8) is 0 Å². The maximum absolute atomic E-state index is 13.2. The van der Waals surface area contributed by atoms with Gasteiger partial charge in [0.05, 0.1) is 12.1 Å². The molecule has 0 fully saturated rings. The zero-order chi connectivity index (χ0) is 21.8. The molecule has 3 amide bonds. The molecule has 3 aromatic rings. The fraction of sp³-hybridized carbons (Fsp3) is 0.227. The van der Waals surface area contributed by atoms with Crippen LogP contribution in [-0.4, -0.2) is 29.2 Å². The molecule has 2 aromatic heterocycles. The van der Waals surface area contributed by atoms with Crippen LogP contribution in [0, 0.1) is 20.8 Å². The number of anilines is 1. The fourth-order valence-corrected chi connectivity index (χ4v) is 4.93. The van der Waals surface area contributed by atoms with Crippen LogP contribution in [0.4, 0.5) is 5.00 Å². The molecule has 2 heterocycles. The molecular formula is C22H23N3O3S2. The van der Waals surface area contributed by atoms with Crippen molar-refractivity contribution in [1.29, 1.82) is 0 Å². The molecule has 6 nitrogen and oxygen atoms in total. The Balaban J connectivity index is 1.84. The van der Waals surface area contributed by atoms with Gasteiger partial charge in [0.2, 0.25) is 5.91 Å². The Bertz CT molecular complexity index is 1090. The molecule has 156 valence electrons. The normalized spacial score (nSPS) is 10.6. The number of nitrogens with one attached hydrogen (secondary N) is 1. The van der Waals surface area contributed by atoms with E-state index >= 15 is 0 Å². The maximum atomic E-state index is 13.2. The lowest BCUT2D eigenvalue weighted by atomic mass is 10.1. The van der Waals surface area contributed by atoms with Crippen LogP contribution in [0.3, 0.4) is 0 Å². The summed E-state index contributed by atoms with van der Waals surface area (Å²) in [6.07, 6.45) is 0. The van der Waals surface area contributed by atoms with Gasteiger partial charge >= 0.3 is 0 Å². The van der Waals surface area contributed by atoms with Gasteiger partial charge in [-0.2, -0.15) is 0 Å².